The molecule has 116 valence electrons. The second-order valence-electron chi connectivity index (χ2n) is 6.40. The van der Waals surface area contributed by atoms with E-state index in [1.807, 2.05) is 30.3 Å². The summed E-state index contributed by atoms with van der Waals surface area (Å²) in [5, 5.41) is 0. The average Bonchev–Trinajstić information content (AvgIpc) is 2.99. The Morgan fingerprint density at radius 3 is 2.64 bits per heavy atom. The number of nitrogens with two attached hydrogens (primary N) is 1. The minimum Gasteiger partial charge on any atom is -0.321 e. The number of nitrogens with zero attached hydrogens (tertiary/aromatic N) is 2. The Labute approximate surface area is 131 Å². The third-order valence-electron chi connectivity index (χ3n) is 4.42. The zero-order valence-electron chi connectivity index (χ0n) is 13.2. The number of hydrogen-bond acceptors (Lipinski definition) is 3. The largest absolute Gasteiger partial charge is 0.321 e. The molecule has 1 atom stereocenters. The third-order valence-corrected chi connectivity index (χ3v) is 4.42. The Morgan fingerprint density at radius 1 is 1.23 bits per heavy atom. The van der Waals surface area contributed by atoms with Gasteiger partial charge in [0.15, 0.2) is 0 Å². The molecule has 0 fully saturated rings. The molecule has 22 heavy (non-hydrogen) atoms. The lowest BCUT2D eigenvalue weighted by Crippen LogP contribution is -2.34. The van der Waals surface area contributed by atoms with Crippen LogP contribution >= 0.6 is 0 Å². The van der Waals surface area contributed by atoms with Gasteiger partial charge in [0, 0.05) is 5.56 Å². The molecular weight excluding hydrogens is 274 g/mol. The average molecular weight is 297 g/mol. The van der Waals surface area contributed by atoms with Crippen LogP contribution in [0.4, 0.5) is 0 Å². The molecule has 3 rings (SSSR count). The molecule has 1 aliphatic carbocycles. The maximum Gasteiger partial charge on any atom is 0.257 e. The molecule has 4 heteroatoms. The molecule has 1 aromatic heterocycles. The number of aryl methyl sites for hydroxylation is 1. The predicted molar refractivity (Wildman–Crippen MR) is 87.8 cm³/mol. The first-order valence-electron chi connectivity index (χ1n) is 8.00. The molecule has 1 unspecified atom stereocenters. The molecule has 1 aliphatic rings. The summed E-state index contributed by atoms with van der Waals surface area (Å²) in [6.07, 6.45) is 2.75. The van der Waals surface area contributed by atoms with Crippen LogP contribution in [0.3, 0.4) is 0 Å². The van der Waals surface area contributed by atoms with Crippen LogP contribution in [0.5, 0.6) is 0 Å². The number of hydrogen-bond donors (Lipinski definition) is 1. The van der Waals surface area contributed by atoms with Crippen molar-refractivity contribution in [3.05, 3.63) is 63.3 Å². The number of fused-ring (bicyclic) bond motifs is 1. The van der Waals surface area contributed by atoms with Crippen molar-refractivity contribution >= 4 is 0 Å². The van der Waals surface area contributed by atoms with Crippen LogP contribution in [0.1, 0.15) is 49.0 Å². The standard InChI is InChI=1S/C18H23N3O/c1-12(2)16(19)17-20-15-10-6-9-14(15)18(22)21(17)11-13-7-4-3-5-8-13/h3-5,7-8,12,16H,6,9-11,19H2,1-2H3. The van der Waals surface area contributed by atoms with Crippen molar-refractivity contribution in [2.45, 2.75) is 45.7 Å². The van der Waals surface area contributed by atoms with Crippen LogP contribution < -0.4 is 11.3 Å². The number of rotatable bonds is 4. The van der Waals surface area contributed by atoms with Gasteiger partial charge in [-0.15, -0.1) is 0 Å². The van der Waals surface area contributed by atoms with E-state index < -0.39 is 0 Å². The monoisotopic (exact) mass is 297 g/mol. The van der Waals surface area contributed by atoms with Crippen LogP contribution in [-0.4, -0.2) is 9.55 Å². The van der Waals surface area contributed by atoms with Crippen LogP contribution in [-0.2, 0) is 19.4 Å². The van der Waals surface area contributed by atoms with Crippen LogP contribution in [0.15, 0.2) is 35.1 Å². The van der Waals surface area contributed by atoms with Gasteiger partial charge in [0.25, 0.3) is 5.56 Å². The van der Waals surface area contributed by atoms with Gasteiger partial charge in [-0.25, -0.2) is 4.98 Å². The maximum atomic E-state index is 12.9. The first-order valence-corrected chi connectivity index (χ1v) is 8.00. The Bertz CT molecular complexity index is 719. The summed E-state index contributed by atoms with van der Waals surface area (Å²) < 4.78 is 1.78. The topological polar surface area (TPSA) is 60.9 Å². The molecule has 0 bridgehead atoms. The molecule has 0 saturated carbocycles. The normalized spacial score (nSPS) is 15.1. The van der Waals surface area contributed by atoms with E-state index in [9.17, 15) is 4.79 Å². The number of benzene rings is 1. The zero-order valence-corrected chi connectivity index (χ0v) is 13.2. The summed E-state index contributed by atoms with van der Waals surface area (Å²) >= 11 is 0. The lowest BCUT2D eigenvalue weighted by Gasteiger charge is -2.21. The quantitative estimate of drug-likeness (QED) is 0.943. The fourth-order valence-corrected chi connectivity index (χ4v) is 3.02. The van der Waals surface area contributed by atoms with Gasteiger partial charge in [0.2, 0.25) is 0 Å². The van der Waals surface area contributed by atoms with E-state index in [4.69, 9.17) is 10.7 Å². The van der Waals surface area contributed by atoms with Crippen molar-refractivity contribution in [3.8, 4) is 0 Å². The molecule has 0 spiro atoms. The second kappa shape index (κ2) is 6.05. The van der Waals surface area contributed by atoms with Gasteiger partial charge in [-0.2, -0.15) is 0 Å². The first kappa shape index (κ1) is 15.0. The third kappa shape index (κ3) is 2.71. The Balaban J connectivity index is 2.12. The number of aromatic nitrogens is 2. The van der Waals surface area contributed by atoms with Crippen molar-refractivity contribution in [3.63, 3.8) is 0 Å². The van der Waals surface area contributed by atoms with Crippen molar-refractivity contribution < 1.29 is 0 Å². The summed E-state index contributed by atoms with van der Waals surface area (Å²) in [7, 11) is 0. The van der Waals surface area contributed by atoms with E-state index in [-0.39, 0.29) is 17.5 Å². The highest BCUT2D eigenvalue weighted by Crippen LogP contribution is 2.22. The summed E-state index contributed by atoms with van der Waals surface area (Å²) in [6, 6.07) is 9.80. The van der Waals surface area contributed by atoms with Gasteiger partial charge in [0.05, 0.1) is 18.3 Å². The van der Waals surface area contributed by atoms with Crippen molar-refractivity contribution in [2.75, 3.05) is 0 Å². The minimum absolute atomic E-state index is 0.0949. The SMILES string of the molecule is CC(C)C(N)c1nc2c(c(=O)n1Cc1ccccc1)CCC2. The second-order valence-corrected chi connectivity index (χ2v) is 6.40. The zero-order chi connectivity index (χ0) is 15.7. The molecule has 0 radical (unpaired) electrons. The lowest BCUT2D eigenvalue weighted by atomic mass is 10.0. The van der Waals surface area contributed by atoms with Gasteiger partial charge in [-0.1, -0.05) is 44.2 Å². The van der Waals surface area contributed by atoms with E-state index in [0.29, 0.717) is 6.54 Å². The molecule has 0 amide bonds. The maximum absolute atomic E-state index is 12.9. The molecule has 2 aromatic rings. The van der Waals surface area contributed by atoms with Gasteiger partial charge >= 0.3 is 0 Å². The van der Waals surface area contributed by atoms with E-state index in [2.05, 4.69) is 13.8 Å². The Hall–Kier alpha value is -1.94. The van der Waals surface area contributed by atoms with Crippen molar-refractivity contribution in [1.82, 2.24) is 9.55 Å². The molecule has 0 aliphatic heterocycles. The fourth-order valence-electron chi connectivity index (χ4n) is 3.02. The van der Waals surface area contributed by atoms with E-state index in [1.165, 1.54) is 0 Å². The summed E-state index contributed by atoms with van der Waals surface area (Å²) in [5.74, 6) is 0.970. The van der Waals surface area contributed by atoms with E-state index in [1.54, 1.807) is 4.57 Å². The smallest absolute Gasteiger partial charge is 0.257 e. The molecule has 2 N–H and O–H groups in total. The Morgan fingerprint density at radius 2 is 1.95 bits per heavy atom. The highest BCUT2D eigenvalue weighted by atomic mass is 16.1. The Kier molecular flexibility index (Phi) is 4.12. The van der Waals surface area contributed by atoms with Crippen LogP contribution in [0, 0.1) is 5.92 Å². The molecule has 1 aromatic carbocycles. The first-order chi connectivity index (χ1) is 10.6. The minimum atomic E-state index is -0.220. The van der Waals surface area contributed by atoms with Crippen LogP contribution in [0.2, 0.25) is 0 Å². The van der Waals surface area contributed by atoms with Gasteiger partial charge in [-0.05, 0) is 30.7 Å². The van der Waals surface area contributed by atoms with Crippen LogP contribution in [0.25, 0.3) is 0 Å². The molecule has 4 nitrogen and oxygen atoms in total. The van der Waals surface area contributed by atoms with Crippen molar-refractivity contribution in [1.29, 1.82) is 0 Å². The summed E-state index contributed by atoms with van der Waals surface area (Å²) in [4.78, 5) is 17.6. The van der Waals surface area contributed by atoms with Gasteiger partial charge in [0.1, 0.15) is 5.82 Å². The fraction of sp³-hybridized carbons (Fsp3) is 0.444. The predicted octanol–water partition coefficient (Wildman–Crippen LogP) is 2.44. The highest BCUT2D eigenvalue weighted by Gasteiger charge is 2.24. The summed E-state index contributed by atoms with van der Waals surface area (Å²) in [5.41, 5.74) is 9.37. The molecule has 1 heterocycles. The van der Waals surface area contributed by atoms with Gasteiger partial charge in [-0.3, -0.25) is 9.36 Å². The highest BCUT2D eigenvalue weighted by molar-refractivity contribution is 5.26. The summed E-state index contributed by atoms with van der Waals surface area (Å²) in [6.45, 7) is 4.67. The van der Waals surface area contributed by atoms with Crippen molar-refractivity contribution in [2.24, 2.45) is 11.7 Å². The van der Waals surface area contributed by atoms with E-state index in [0.717, 1.165) is 41.9 Å². The van der Waals surface area contributed by atoms with Gasteiger partial charge < -0.3 is 5.73 Å². The lowest BCUT2D eigenvalue weighted by molar-refractivity contribution is 0.458. The molecular formula is C18H23N3O. The van der Waals surface area contributed by atoms with E-state index >= 15 is 0 Å². The molecule has 0 saturated heterocycles.